The predicted octanol–water partition coefficient (Wildman–Crippen LogP) is 1.67. The first-order valence-electron chi connectivity index (χ1n) is 6.82. The Balaban J connectivity index is 1.74. The zero-order valence-corrected chi connectivity index (χ0v) is 12.8. The van der Waals surface area contributed by atoms with Crippen LogP contribution in [0, 0.1) is 13.8 Å². The summed E-state index contributed by atoms with van der Waals surface area (Å²) in [4.78, 5) is 0. The van der Waals surface area contributed by atoms with Crippen LogP contribution in [0.25, 0.3) is 0 Å². The van der Waals surface area contributed by atoms with Crippen molar-refractivity contribution in [2.24, 2.45) is 0 Å². The molecule has 2 aromatic heterocycles. The molecule has 7 nitrogen and oxygen atoms in total. The molecule has 114 valence electrons. The van der Waals surface area contributed by atoms with E-state index in [0.717, 1.165) is 0 Å². The van der Waals surface area contributed by atoms with Crippen LogP contribution >= 0.6 is 0 Å². The van der Waals surface area contributed by atoms with Gasteiger partial charge in [-0.1, -0.05) is 0 Å². The summed E-state index contributed by atoms with van der Waals surface area (Å²) in [7, 11) is -3.73. The number of H-pyrrole nitrogens is 1. The fourth-order valence-electron chi connectivity index (χ4n) is 2.02. The third kappa shape index (κ3) is 3.11. The third-order valence-electron chi connectivity index (χ3n) is 3.41. The zero-order valence-electron chi connectivity index (χ0n) is 11.9. The molecule has 3 N–H and O–H groups in total. The Labute approximate surface area is 123 Å². The van der Waals surface area contributed by atoms with E-state index in [9.17, 15) is 8.42 Å². The van der Waals surface area contributed by atoms with Gasteiger partial charge in [-0.05, 0) is 38.8 Å². The van der Waals surface area contributed by atoms with Gasteiger partial charge in [-0.3, -0.25) is 9.82 Å². The minimum atomic E-state index is -3.73. The minimum absolute atomic E-state index is 0.0879. The molecule has 0 radical (unpaired) electrons. The SMILES string of the molecule is Cc1n[nH]c(C)c1NS(=O)(=O)c1ccc(CNC2CC2)o1. The van der Waals surface area contributed by atoms with Crippen molar-refractivity contribution in [2.45, 2.75) is 44.4 Å². The van der Waals surface area contributed by atoms with Gasteiger partial charge in [0.05, 0.1) is 23.6 Å². The monoisotopic (exact) mass is 310 g/mol. The van der Waals surface area contributed by atoms with E-state index in [1.807, 2.05) is 0 Å². The number of hydrogen-bond acceptors (Lipinski definition) is 5. The quantitative estimate of drug-likeness (QED) is 0.753. The minimum Gasteiger partial charge on any atom is -0.446 e. The Morgan fingerprint density at radius 3 is 2.76 bits per heavy atom. The highest BCUT2D eigenvalue weighted by molar-refractivity contribution is 7.92. The first-order valence-corrected chi connectivity index (χ1v) is 8.30. The molecule has 2 aromatic rings. The van der Waals surface area contributed by atoms with Crippen LogP contribution in [0.3, 0.4) is 0 Å². The summed E-state index contributed by atoms with van der Waals surface area (Å²) in [6.07, 6.45) is 2.35. The highest BCUT2D eigenvalue weighted by Crippen LogP contribution is 2.23. The number of aromatic amines is 1. The van der Waals surface area contributed by atoms with E-state index in [1.54, 1.807) is 19.9 Å². The molecule has 8 heteroatoms. The number of anilines is 1. The fraction of sp³-hybridized carbons (Fsp3) is 0.462. The van der Waals surface area contributed by atoms with E-state index in [-0.39, 0.29) is 5.09 Å². The molecule has 0 bridgehead atoms. The molecular weight excluding hydrogens is 292 g/mol. The Bertz CT molecular complexity index is 724. The second-order valence-corrected chi connectivity index (χ2v) is 6.90. The van der Waals surface area contributed by atoms with Crippen LogP contribution in [-0.2, 0) is 16.6 Å². The number of aryl methyl sites for hydroxylation is 2. The number of aromatic nitrogens is 2. The maximum atomic E-state index is 12.3. The smallest absolute Gasteiger partial charge is 0.295 e. The number of nitrogens with one attached hydrogen (secondary N) is 3. The molecular formula is C13H18N4O3S. The molecule has 1 aliphatic carbocycles. The van der Waals surface area contributed by atoms with Crippen molar-refractivity contribution in [2.75, 3.05) is 4.72 Å². The van der Waals surface area contributed by atoms with Crippen LogP contribution in [0.2, 0.25) is 0 Å². The average molecular weight is 310 g/mol. The summed E-state index contributed by atoms with van der Waals surface area (Å²) in [5.41, 5.74) is 1.72. The molecule has 1 aliphatic rings. The van der Waals surface area contributed by atoms with Crippen LogP contribution in [0.15, 0.2) is 21.6 Å². The van der Waals surface area contributed by atoms with E-state index in [1.165, 1.54) is 18.9 Å². The van der Waals surface area contributed by atoms with Gasteiger partial charge in [-0.2, -0.15) is 13.5 Å². The molecule has 0 aromatic carbocycles. The van der Waals surface area contributed by atoms with Gasteiger partial charge < -0.3 is 9.73 Å². The van der Waals surface area contributed by atoms with Gasteiger partial charge in [0.2, 0.25) is 5.09 Å². The molecule has 0 spiro atoms. The lowest BCUT2D eigenvalue weighted by molar-refractivity contribution is 0.403. The molecule has 0 unspecified atom stereocenters. The van der Waals surface area contributed by atoms with E-state index in [0.29, 0.717) is 35.4 Å². The van der Waals surface area contributed by atoms with Crippen LogP contribution < -0.4 is 10.0 Å². The molecule has 3 rings (SSSR count). The van der Waals surface area contributed by atoms with E-state index >= 15 is 0 Å². The summed E-state index contributed by atoms with van der Waals surface area (Å²) >= 11 is 0. The molecule has 1 fully saturated rings. The van der Waals surface area contributed by atoms with Gasteiger partial charge in [-0.25, -0.2) is 0 Å². The molecule has 0 saturated heterocycles. The Morgan fingerprint density at radius 1 is 1.38 bits per heavy atom. The van der Waals surface area contributed by atoms with Crippen molar-refractivity contribution in [1.29, 1.82) is 0 Å². The van der Waals surface area contributed by atoms with Gasteiger partial charge in [0.15, 0.2) is 0 Å². The summed E-state index contributed by atoms with van der Waals surface area (Å²) < 4.78 is 32.5. The molecule has 2 heterocycles. The van der Waals surface area contributed by atoms with Crippen molar-refractivity contribution < 1.29 is 12.8 Å². The maximum Gasteiger partial charge on any atom is 0.295 e. The highest BCUT2D eigenvalue weighted by atomic mass is 32.2. The summed E-state index contributed by atoms with van der Waals surface area (Å²) in [5.74, 6) is 0.614. The first-order chi connectivity index (χ1) is 9.95. The Hall–Kier alpha value is -1.80. The standard InChI is InChI=1S/C13H18N4O3S/c1-8-13(9(2)16-15-8)17-21(18,19)12-6-5-11(20-12)7-14-10-3-4-10/h5-6,10,14,17H,3-4,7H2,1-2H3,(H,15,16). The lowest BCUT2D eigenvalue weighted by atomic mass is 10.3. The Morgan fingerprint density at radius 2 is 2.14 bits per heavy atom. The van der Waals surface area contributed by atoms with Gasteiger partial charge in [-0.15, -0.1) is 0 Å². The second-order valence-electron chi connectivity index (χ2n) is 5.29. The van der Waals surface area contributed by atoms with Gasteiger partial charge >= 0.3 is 0 Å². The van der Waals surface area contributed by atoms with Crippen molar-refractivity contribution in [3.05, 3.63) is 29.3 Å². The van der Waals surface area contributed by atoms with Crippen LogP contribution in [0.5, 0.6) is 0 Å². The molecule has 0 aliphatic heterocycles. The first kappa shape index (κ1) is 14.2. The summed E-state index contributed by atoms with van der Waals surface area (Å²) in [6, 6.07) is 3.69. The normalized spacial score (nSPS) is 15.3. The lowest BCUT2D eigenvalue weighted by Gasteiger charge is -2.05. The summed E-state index contributed by atoms with van der Waals surface area (Å²) in [5, 5.41) is 9.89. The average Bonchev–Trinajstić information content (AvgIpc) is 3.06. The number of rotatable bonds is 6. The molecule has 21 heavy (non-hydrogen) atoms. The fourth-order valence-corrected chi connectivity index (χ4v) is 3.15. The third-order valence-corrected chi connectivity index (χ3v) is 4.63. The molecule has 0 atom stereocenters. The number of sulfonamides is 1. The van der Waals surface area contributed by atoms with E-state index in [2.05, 4.69) is 20.2 Å². The number of hydrogen-bond donors (Lipinski definition) is 3. The lowest BCUT2D eigenvalue weighted by Crippen LogP contribution is -2.15. The van der Waals surface area contributed by atoms with Crippen LogP contribution in [-0.4, -0.2) is 24.7 Å². The zero-order chi connectivity index (χ0) is 15.0. The molecule has 0 amide bonds. The predicted molar refractivity (Wildman–Crippen MR) is 77.4 cm³/mol. The van der Waals surface area contributed by atoms with Crippen molar-refractivity contribution >= 4 is 15.7 Å². The van der Waals surface area contributed by atoms with Gasteiger partial charge in [0.1, 0.15) is 5.76 Å². The maximum absolute atomic E-state index is 12.3. The number of furan rings is 1. The van der Waals surface area contributed by atoms with Gasteiger partial charge in [0.25, 0.3) is 10.0 Å². The van der Waals surface area contributed by atoms with Crippen molar-refractivity contribution in [3.63, 3.8) is 0 Å². The van der Waals surface area contributed by atoms with E-state index in [4.69, 9.17) is 4.42 Å². The Kier molecular flexibility index (Phi) is 3.50. The van der Waals surface area contributed by atoms with Crippen molar-refractivity contribution in [3.8, 4) is 0 Å². The van der Waals surface area contributed by atoms with Crippen molar-refractivity contribution in [1.82, 2.24) is 15.5 Å². The highest BCUT2D eigenvalue weighted by Gasteiger charge is 2.23. The van der Waals surface area contributed by atoms with E-state index < -0.39 is 10.0 Å². The van der Waals surface area contributed by atoms with Crippen LogP contribution in [0.1, 0.15) is 30.0 Å². The number of nitrogens with zero attached hydrogens (tertiary/aromatic N) is 1. The second kappa shape index (κ2) is 5.19. The van der Waals surface area contributed by atoms with Gasteiger partial charge in [0, 0.05) is 6.04 Å². The summed E-state index contributed by atoms with van der Waals surface area (Å²) in [6.45, 7) is 4.03. The van der Waals surface area contributed by atoms with Crippen LogP contribution in [0.4, 0.5) is 5.69 Å². The molecule has 1 saturated carbocycles. The largest absolute Gasteiger partial charge is 0.446 e. The topological polar surface area (TPSA) is 100 Å².